The van der Waals surface area contributed by atoms with Crippen LogP contribution < -0.4 is 14.8 Å². The molecule has 0 saturated carbocycles. The minimum absolute atomic E-state index is 0.223. The molecule has 0 atom stereocenters. The highest BCUT2D eigenvalue weighted by Crippen LogP contribution is 2.24. The molecule has 7 heteroatoms. The lowest BCUT2D eigenvalue weighted by molar-refractivity contribution is -0.274. The Hall–Kier alpha value is -3.22. The first-order chi connectivity index (χ1) is 12.4. The van der Waals surface area contributed by atoms with E-state index >= 15 is 0 Å². The Morgan fingerprint density at radius 3 is 2.23 bits per heavy atom. The number of halogens is 3. The van der Waals surface area contributed by atoms with E-state index in [-0.39, 0.29) is 12.4 Å². The number of amides is 1. The molecule has 3 aromatic rings. The number of ether oxygens (including phenoxy) is 2. The number of anilines is 1. The van der Waals surface area contributed by atoms with E-state index in [0.717, 1.165) is 22.9 Å². The second-order valence-electron chi connectivity index (χ2n) is 5.42. The summed E-state index contributed by atoms with van der Waals surface area (Å²) in [5.41, 5.74) is 0.339. The summed E-state index contributed by atoms with van der Waals surface area (Å²) in [5.74, 6) is -0.238. The van der Waals surface area contributed by atoms with Gasteiger partial charge >= 0.3 is 6.36 Å². The summed E-state index contributed by atoms with van der Waals surface area (Å²) in [6.45, 7) is -0.223. The second-order valence-corrected chi connectivity index (χ2v) is 5.42. The molecule has 4 nitrogen and oxygen atoms in total. The zero-order valence-corrected chi connectivity index (χ0v) is 13.4. The lowest BCUT2D eigenvalue weighted by Crippen LogP contribution is -2.20. The maximum Gasteiger partial charge on any atom is 0.573 e. The molecule has 0 aliphatic carbocycles. The van der Waals surface area contributed by atoms with Crippen molar-refractivity contribution in [2.45, 2.75) is 6.36 Å². The van der Waals surface area contributed by atoms with Gasteiger partial charge in [-0.3, -0.25) is 4.79 Å². The molecule has 1 amide bonds. The second kappa shape index (κ2) is 7.35. The van der Waals surface area contributed by atoms with Crippen LogP contribution >= 0.6 is 0 Å². The van der Waals surface area contributed by atoms with Gasteiger partial charge in [0.2, 0.25) is 0 Å². The molecule has 0 saturated heterocycles. The Kier molecular flexibility index (Phi) is 4.97. The van der Waals surface area contributed by atoms with E-state index in [4.69, 9.17) is 4.74 Å². The quantitative estimate of drug-likeness (QED) is 0.713. The number of benzene rings is 3. The predicted molar refractivity (Wildman–Crippen MR) is 91.2 cm³/mol. The van der Waals surface area contributed by atoms with Crippen LogP contribution in [0.25, 0.3) is 10.8 Å². The molecule has 26 heavy (non-hydrogen) atoms. The summed E-state index contributed by atoms with van der Waals surface area (Å²) in [5, 5.41) is 4.59. The average Bonchev–Trinajstić information content (AvgIpc) is 2.60. The molecule has 0 bridgehead atoms. The Morgan fingerprint density at radius 2 is 1.54 bits per heavy atom. The summed E-state index contributed by atoms with van der Waals surface area (Å²) in [6.07, 6.45) is -4.75. The third-order valence-corrected chi connectivity index (χ3v) is 3.46. The number of rotatable bonds is 5. The molecule has 0 aliphatic heterocycles. The molecule has 0 fully saturated rings. The fourth-order valence-corrected chi connectivity index (χ4v) is 2.34. The topological polar surface area (TPSA) is 47.6 Å². The van der Waals surface area contributed by atoms with Gasteiger partial charge < -0.3 is 14.8 Å². The van der Waals surface area contributed by atoms with Gasteiger partial charge in [-0.15, -0.1) is 13.2 Å². The Morgan fingerprint density at radius 1 is 0.885 bits per heavy atom. The molecule has 3 aromatic carbocycles. The van der Waals surface area contributed by atoms with Crippen molar-refractivity contribution in [3.8, 4) is 11.5 Å². The lowest BCUT2D eigenvalue weighted by Gasteiger charge is -2.10. The van der Waals surface area contributed by atoms with E-state index in [0.29, 0.717) is 11.4 Å². The van der Waals surface area contributed by atoms with E-state index < -0.39 is 12.3 Å². The molecule has 0 spiro atoms. The molecule has 0 radical (unpaired) electrons. The first kappa shape index (κ1) is 17.6. The molecule has 1 N–H and O–H groups in total. The summed E-state index contributed by atoms with van der Waals surface area (Å²) >= 11 is 0. The highest BCUT2D eigenvalue weighted by molar-refractivity contribution is 5.92. The van der Waals surface area contributed by atoms with Gasteiger partial charge in [-0.25, -0.2) is 0 Å². The van der Waals surface area contributed by atoms with Crippen molar-refractivity contribution in [1.29, 1.82) is 0 Å². The number of fused-ring (bicyclic) bond motifs is 1. The van der Waals surface area contributed by atoms with Crippen LogP contribution in [-0.4, -0.2) is 18.9 Å². The van der Waals surface area contributed by atoms with Gasteiger partial charge in [0.05, 0.1) is 0 Å². The molecule has 0 aliphatic rings. The standard InChI is InChI=1S/C19H14F3NO3/c20-19(21,22)26-16-9-6-15(7-10-16)23-18(24)12-25-17-8-5-13-3-1-2-4-14(13)11-17/h1-11H,12H2,(H,23,24). The predicted octanol–water partition coefficient (Wildman–Crippen LogP) is 4.76. The lowest BCUT2D eigenvalue weighted by atomic mass is 10.1. The van der Waals surface area contributed by atoms with Crippen LogP contribution in [0.3, 0.4) is 0 Å². The third-order valence-electron chi connectivity index (χ3n) is 3.46. The maximum absolute atomic E-state index is 12.1. The SMILES string of the molecule is O=C(COc1ccc2ccccc2c1)Nc1ccc(OC(F)(F)F)cc1. The average molecular weight is 361 g/mol. The van der Waals surface area contributed by atoms with Gasteiger partial charge in [-0.05, 0) is 47.2 Å². The van der Waals surface area contributed by atoms with Gasteiger partial charge in [0.1, 0.15) is 11.5 Å². The smallest absolute Gasteiger partial charge is 0.484 e. The molecule has 0 aromatic heterocycles. The van der Waals surface area contributed by atoms with E-state index in [9.17, 15) is 18.0 Å². The fourth-order valence-electron chi connectivity index (χ4n) is 2.34. The minimum atomic E-state index is -4.75. The summed E-state index contributed by atoms with van der Waals surface area (Å²) in [7, 11) is 0. The van der Waals surface area contributed by atoms with Crippen molar-refractivity contribution >= 4 is 22.4 Å². The van der Waals surface area contributed by atoms with Crippen molar-refractivity contribution in [3.05, 3.63) is 66.7 Å². The van der Waals surface area contributed by atoms with E-state index in [1.807, 2.05) is 36.4 Å². The highest BCUT2D eigenvalue weighted by Gasteiger charge is 2.30. The zero-order chi connectivity index (χ0) is 18.6. The zero-order valence-electron chi connectivity index (χ0n) is 13.4. The van der Waals surface area contributed by atoms with Crippen LogP contribution in [0.2, 0.25) is 0 Å². The summed E-state index contributed by atoms with van der Waals surface area (Å²) in [6, 6.07) is 18.1. The first-order valence-corrected chi connectivity index (χ1v) is 7.66. The van der Waals surface area contributed by atoms with Gasteiger partial charge in [0, 0.05) is 5.69 Å². The third kappa shape index (κ3) is 4.89. The van der Waals surface area contributed by atoms with Crippen LogP contribution in [0.1, 0.15) is 0 Å². The maximum atomic E-state index is 12.1. The van der Waals surface area contributed by atoms with Crippen LogP contribution in [0, 0.1) is 0 Å². The molecular formula is C19H14F3NO3. The van der Waals surface area contributed by atoms with E-state index in [1.165, 1.54) is 12.1 Å². The number of hydrogen-bond donors (Lipinski definition) is 1. The van der Waals surface area contributed by atoms with Gasteiger partial charge in [-0.2, -0.15) is 0 Å². The van der Waals surface area contributed by atoms with E-state index in [2.05, 4.69) is 10.1 Å². The summed E-state index contributed by atoms with van der Waals surface area (Å²) < 4.78 is 45.5. The van der Waals surface area contributed by atoms with Crippen LogP contribution in [0.4, 0.5) is 18.9 Å². The van der Waals surface area contributed by atoms with Crippen LogP contribution in [-0.2, 0) is 4.79 Å². The number of alkyl halides is 3. The molecular weight excluding hydrogens is 347 g/mol. The van der Waals surface area contributed by atoms with Crippen molar-refractivity contribution in [3.63, 3.8) is 0 Å². The van der Waals surface area contributed by atoms with Crippen molar-refractivity contribution in [2.75, 3.05) is 11.9 Å². The number of hydrogen-bond acceptors (Lipinski definition) is 3. The Bertz CT molecular complexity index is 908. The van der Waals surface area contributed by atoms with Crippen molar-refractivity contribution in [1.82, 2.24) is 0 Å². The van der Waals surface area contributed by atoms with Crippen molar-refractivity contribution < 1.29 is 27.4 Å². The molecule has 0 heterocycles. The van der Waals surface area contributed by atoms with Gasteiger partial charge in [0.15, 0.2) is 6.61 Å². The Labute approximate surface area is 147 Å². The van der Waals surface area contributed by atoms with Gasteiger partial charge in [0.25, 0.3) is 5.91 Å². The number of carbonyl (C=O) groups excluding carboxylic acids is 1. The monoisotopic (exact) mass is 361 g/mol. The Balaban J connectivity index is 1.55. The molecule has 3 rings (SSSR count). The summed E-state index contributed by atoms with van der Waals surface area (Å²) in [4.78, 5) is 11.9. The normalized spacial score (nSPS) is 11.2. The van der Waals surface area contributed by atoms with Gasteiger partial charge in [-0.1, -0.05) is 30.3 Å². The number of nitrogens with one attached hydrogen (secondary N) is 1. The first-order valence-electron chi connectivity index (χ1n) is 7.66. The largest absolute Gasteiger partial charge is 0.573 e. The van der Waals surface area contributed by atoms with E-state index in [1.54, 1.807) is 6.07 Å². The highest BCUT2D eigenvalue weighted by atomic mass is 19.4. The van der Waals surface area contributed by atoms with Crippen molar-refractivity contribution in [2.24, 2.45) is 0 Å². The fraction of sp³-hybridized carbons (Fsp3) is 0.105. The minimum Gasteiger partial charge on any atom is -0.484 e. The number of carbonyl (C=O) groups is 1. The molecule has 134 valence electrons. The molecule has 0 unspecified atom stereocenters. The van der Waals surface area contributed by atoms with Crippen LogP contribution in [0.5, 0.6) is 11.5 Å². The van der Waals surface area contributed by atoms with Crippen LogP contribution in [0.15, 0.2) is 66.7 Å².